The molecule has 3 rings (SSSR count). The number of benzene rings is 1. The first kappa shape index (κ1) is 16.4. The molecule has 1 aliphatic heterocycles. The Labute approximate surface area is 143 Å². The number of aryl methyl sites for hydroxylation is 1. The zero-order valence-corrected chi connectivity index (χ0v) is 13.9. The lowest BCUT2D eigenvalue weighted by Gasteiger charge is -2.31. The van der Waals surface area contributed by atoms with Gasteiger partial charge in [-0.25, -0.2) is 4.98 Å². The van der Waals surface area contributed by atoms with Crippen LogP contribution in [0.2, 0.25) is 0 Å². The third kappa shape index (κ3) is 4.54. The Hall–Kier alpha value is -2.43. The van der Waals surface area contributed by atoms with E-state index in [9.17, 15) is 4.79 Å². The first-order chi connectivity index (χ1) is 11.8. The van der Waals surface area contributed by atoms with Gasteiger partial charge < -0.3 is 10.2 Å². The highest BCUT2D eigenvalue weighted by Crippen LogP contribution is 2.21. The van der Waals surface area contributed by atoms with Gasteiger partial charge in [0.15, 0.2) is 0 Å². The van der Waals surface area contributed by atoms with Gasteiger partial charge in [0, 0.05) is 37.9 Å². The quantitative estimate of drug-likeness (QED) is 0.829. The standard InChI is InChI=1S/C19H24N4O/c24-19(22-10-4-7-16-5-2-1-3-6-16)17-8-13-23(14-9-17)18-15-20-11-12-21-18/h1-3,5-6,11-12,15,17H,4,7-10,13-14H2,(H,22,24). The molecule has 1 amide bonds. The van der Waals surface area contributed by atoms with Crippen molar-refractivity contribution in [1.82, 2.24) is 15.3 Å². The smallest absolute Gasteiger partial charge is 0.223 e. The maximum absolute atomic E-state index is 12.3. The van der Waals surface area contributed by atoms with Gasteiger partial charge in [-0.05, 0) is 31.2 Å². The highest BCUT2D eigenvalue weighted by atomic mass is 16.1. The monoisotopic (exact) mass is 324 g/mol. The third-order valence-corrected chi connectivity index (χ3v) is 4.52. The van der Waals surface area contributed by atoms with E-state index in [4.69, 9.17) is 0 Å². The van der Waals surface area contributed by atoms with Crippen LogP contribution in [-0.2, 0) is 11.2 Å². The average molecular weight is 324 g/mol. The predicted octanol–water partition coefficient (Wildman–Crippen LogP) is 2.44. The number of hydrogen-bond donors (Lipinski definition) is 1. The molecule has 126 valence electrons. The number of aromatic nitrogens is 2. The summed E-state index contributed by atoms with van der Waals surface area (Å²) in [6, 6.07) is 10.4. The highest BCUT2D eigenvalue weighted by molar-refractivity contribution is 5.78. The number of carbonyl (C=O) groups excluding carboxylic acids is 1. The topological polar surface area (TPSA) is 58.1 Å². The van der Waals surface area contributed by atoms with Crippen molar-refractivity contribution in [3.8, 4) is 0 Å². The van der Waals surface area contributed by atoms with Gasteiger partial charge in [0.1, 0.15) is 5.82 Å². The summed E-state index contributed by atoms with van der Waals surface area (Å²) >= 11 is 0. The number of amides is 1. The molecule has 0 aliphatic carbocycles. The molecule has 0 spiro atoms. The van der Waals surface area contributed by atoms with E-state index >= 15 is 0 Å². The molecule has 1 fully saturated rings. The fourth-order valence-corrected chi connectivity index (χ4v) is 3.12. The second-order valence-electron chi connectivity index (χ2n) is 6.21. The summed E-state index contributed by atoms with van der Waals surface area (Å²) in [5, 5.41) is 3.09. The second kappa shape index (κ2) is 8.43. The maximum atomic E-state index is 12.3. The van der Waals surface area contributed by atoms with Crippen LogP contribution in [0, 0.1) is 5.92 Å². The number of hydrogen-bond acceptors (Lipinski definition) is 4. The Bertz CT molecular complexity index is 624. The summed E-state index contributed by atoms with van der Waals surface area (Å²) in [6.07, 6.45) is 8.91. The molecule has 0 atom stereocenters. The van der Waals surface area contributed by atoms with Crippen molar-refractivity contribution in [2.24, 2.45) is 5.92 Å². The van der Waals surface area contributed by atoms with Crippen LogP contribution in [-0.4, -0.2) is 35.5 Å². The van der Waals surface area contributed by atoms with Crippen LogP contribution >= 0.6 is 0 Å². The van der Waals surface area contributed by atoms with Crippen LogP contribution in [0.1, 0.15) is 24.8 Å². The maximum Gasteiger partial charge on any atom is 0.223 e. The van der Waals surface area contributed by atoms with E-state index in [-0.39, 0.29) is 11.8 Å². The minimum Gasteiger partial charge on any atom is -0.356 e. The first-order valence-electron chi connectivity index (χ1n) is 8.65. The van der Waals surface area contributed by atoms with Gasteiger partial charge in [-0.2, -0.15) is 0 Å². The molecule has 0 unspecified atom stereocenters. The number of carbonyl (C=O) groups is 1. The molecular formula is C19H24N4O. The van der Waals surface area contributed by atoms with Crippen molar-refractivity contribution in [3.63, 3.8) is 0 Å². The van der Waals surface area contributed by atoms with E-state index in [1.54, 1.807) is 18.6 Å². The number of nitrogens with one attached hydrogen (secondary N) is 1. The lowest BCUT2D eigenvalue weighted by atomic mass is 9.96. The van der Waals surface area contributed by atoms with Crippen molar-refractivity contribution >= 4 is 11.7 Å². The van der Waals surface area contributed by atoms with Gasteiger partial charge in [0.25, 0.3) is 0 Å². The molecule has 0 bridgehead atoms. The van der Waals surface area contributed by atoms with Gasteiger partial charge in [0.05, 0.1) is 6.20 Å². The van der Waals surface area contributed by atoms with E-state index in [0.29, 0.717) is 0 Å². The molecule has 0 saturated carbocycles. The minimum absolute atomic E-state index is 0.120. The van der Waals surface area contributed by atoms with Crippen LogP contribution in [0.5, 0.6) is 0 Å². The zero-order valence-electron chi connectivity index (χ0n) is 13.9. The Kier molecular flexibility index (Phi) is 5.77. The molecular weight excluding hydrogens is 300 g/mol. The molecule has 2 aromatic rings. The number of nitrogens with zero attached hydrogens (tertiary/aromatic N) is 3. The van der Waals surface area contributed by atoms with E-state index in [2.05, 4.69) is 44.5 Å². The van der Waals surface area contributed by atoms with Crippen LogP contribution in [0.4, 0.5) is 5.82 Å². The molecule has 5 nitrogen and oxygen atoms in total. The van der Waals surface area contributed by atoms with Gasteiger partial charge in [0.2, 0.25) is 5.91 Å². The summed E-state index contributed by atoms with van der Waals surface area (Å²) in [6.45, 7) is 2.47. The summed E-state index contributed by atoms with van der Waals surface area (Å²) in [7, 11) is 0. The molecule has 1 saturated heterocycles. The molecule has 1 aromatic heterocycles. The summed E-state index contributed by atoms with van der Waals surface area (Å²) in [4.78, 5) is 22.9. The summed E-state index contributed by atoms with van der Waals surface area (Å²) in [5.41, 5.74) is 1.32. The molecule has 1 N–H and O–H groups in total. The fraction of sp³-hybridized carbons (Fsp3) is 0.421. The van der Waals surface area contributed by atoms with Crippen LogP contribution < -0.4 is 10.2 Å². The Morgan fingerprint density at radius 1 is 1.17 bits per heavy atom. The molecule has 24 heavy (non-hydrogen) atoms. The lowest BCUT2D eigenvalue weighted by molar-refractivity contribution is -0.125. The summed E-state index contributed by atoms with van der Waals surface area (Å²) < 4.78 is 0. The molecule has 0 radical (unpaired) electrons. The Morgan fingerprint density at radius 3 is 2.67 bits per heavy atom. The Morgan fingerprint density at radius 2 is 1.96 bits per heavy atom. The van der Waals surface area contributed by atoms with Crippen molar-refractivity contribution in [2.45, 2.75) is 25.7 Å². The minimum atomic E-state index is 0.120. The summed E-state index contributed by atoms with van der Waals surface area (Å²) in [5.74, 6) is 1.22. The average Bonchev–Trinajstić information content (AvgIpc) is 2.67. The van der Waals surface area contributed by atoms with Crippen LogP contribution in [0.25, 0.3) is 0 Å². The second-order valence-corrected chi connectivity index (χ2v) is 6.21. The van der Waals surface area contributed by atoms with Gasteiger partial charge >= 0.3 is 0 Å². The van der Waals surface area contributed by atoms with E-state index in [1.807, 2.05) is 6.07 Å². The normalized spacial score (nSPS) is 15.2. The van der Waals surface area contributed by atoms with Gasteiger partial charge in [-0.15, -0.1) is 0 Å². The molecule has 2 heterocycles. The highest BCUT2D eigenvalue weighted by Gasteiger charge is 2.25. The van der Waals surface area contributed by atoms with Crippen molar-refractivity contribution < 1.29 is 4.79 Å². The number of rotatable bonds is 6. The van der Waals surface area contributed by atoms with Crippen LogP contribution in [0.3, 0.4) is 0 Å². The number of anilines is 1. The van der Waals surface area contributed by atoms with Gasteiger partial charge in [-0.1, -0.05) is 30.3 Å². The predicted molar refractivity (Wildman–Crippen MR) is 94.7 cm³/mol. The van der Waals surface area contributed by atoms with E-state index < -0.39 is 0 Å². The van der Waals surface area contributed by atoms with Crippen molar-refractivity contribution in [2.75, 3.05) is 24.5 Å². The van der Waals surface area contributed by atoms with Crippen molar-refractivity contribution in [1.29, 1.82) is 0 Å². The zero-order chi connectivity index (χ0) is 16.6. The SMILES string of the molecule is O=C(NCCCc1ccccc1)C1CCN(c2cnccn2)CC1. The fourth-order valence-electron chi connectivity index (χ4n) is 3.12. The Balaban J connectivity index is 1.36. The molecule has 1 aromatic carbocycles. The third-order valence-electron chi connectivity index (χ3n) is 4.52. The van der Waals surface area contributed by atoms with E-state index in [0.717, 1.165) is 51.1 Å². The largest absolute Gasteiger partial charge is 0.356 e. The molecule has 1 aliphatic rings. The first-order valence-corrected chi connectivity index (χ1v) is 8.65. The number of piperidine rings is 1. The van der Waals surface area contributed by atoms with E-state index in [1.165, 1.54) is 5.56 Å². The lowest BCUT2D eigenvalue weighted by Crippen LogP contribution is -2.41. The van der Waals surface area contributed by atoms with Crippen LogP contribution in [0.15, 0.2) is 48.9 Å². The van der Waals surface area contributed by atoms with Gasteiger partial charge in [-0.3, -0.25) is 9.78 Å². The van der Waals surface area contributed by atoms with Crippen molar-refractivity contribution in [3.05, 3.63) is 54.5 Å². The molecule has 5 heteroatoms.